The van der Waals surface area contributed by atoms with Crippen LogP contribution in [0.25, 0.3) is 0 Å². The first-order valence-electron chi connectivity index (χ1n) is 5.91. The van der Waals surface area contributed by atoms with Crippen LogP contribution in [0.1, 0.15) is 19.4 Å². The second-order valence-electron chi connectivity index (χ2n) is 4.43. The predicted molar refractivity (Wildman–Crippen MR) is 67.6 cm³/mol. The molecule has 1 rings (SSSR count). The fourth-order valence-corrected chi connectivity index (χ4v) is 3.65. The lowest BCUT2D eigenvalue weighted by molar-refractivity contribution is -0.139. The standard InChI is InChI=1S/C12H16F3NO3S/c1-9(2)16(7-8-17)20(18,19)11-6-4-3-5-10(11)12(13,14)15/h3-6,9,17H,7-8H2,1-2H3. The van der Waals surface area contributed by atoms with Gasteiger partial charge in [-0.15, -0.1) is 0 Å². The van der Waals surface area contributed by atoms with Gasteiger partial charge in [0.05, 0.1) is 17.1 Å². The van der Waals surface area contributed by atoms with Crippen molar-refractivity contribution in [3.63, 3.8) is 0 Å². The lowest BCUT2D eigenvalue weighted by Gasteiger charge is -2.26. The third kappa shape index (κ3) is 3.50. The smallest absolute Gasteiger partial charge is 0.395 e. The Kier molecular flexibility index (Phi) is 5.17. The highest BCUT2D eigenvalue weighted by Gasteiger charge is 2.39. The van der Waals surface area contributed by atoms with Gasteiger partial charge in [-0.2, -0.15) is 17.5 Å². The molecule has 20 heavy (non-hydrogen) atoms. The Morgan fingerprint density at radius 1 is 1.25 bits per heavy atom. The van der Waals surface area contributed by atoms with E-state index in [0.29, 0.717) is 0 Å². The van der Waals surface area contributed by atoms with Crippen LogP contribution in [0.5, 0.6) is 0 Å². The largest absolute Gasteiger partial charge is 0.417 e. The fraction of sp³-hybridized carbons (Fsp3) is 0.500. The Labute approximate surface area is 115 Å². The molecule has 0 aromatic heterocycles. The van der Waals surface area contributed by atoms with E-state index in [9.17, 15) is 21.6 Å². The quantitative estimate of drug-likeness (QED) is 0.906. The van der Waals surface area contributed by atoms with Gasteiger partial charge in [-0.3, -0.25) is 0 Å². The third-order valence-electron chi connectivity index (χ3n) is 2.68. The Morgan fingerprint density at radius 3 is 2.25 bits per heavy atom. The van der Waals surface area contributed by atoms with Gasteiger partial charge < -0.3 is 5.11 Å². The summed E-state index contributed by atoms with van der Waals surface area (Å²) in [7, 11) is -4.32. The van der Waals surface area contributed by atoms with E-state index in [4.69, 9.17) is 5.11 Å². The Bertz CT molecular complexity index is 555. The number of hydrogen-bond acceptors (Lipinski definition) is 3. The van der Waals surface area contributed by atoms with Crippen LogP contribution in [-0.2, 0) is 16.2 Å². The van der Waals surface area contributed by atoms with Crippen molar-refractivity contribution in [3.05, 3.63) is 29.8 Å². The highest BCUT2D eigenvalue weighted by molar-refractivity contribution is 7.89. The van der Waals surface area contributed by atoms with Gasteiger partial charge in [0.25, 0.3) is 0 Å². The summed E-state index contributed by atoms with van der Waals surface area (Å²) in [6, 6.07) is 3.45. The van der Waals surface area contributed by atoms with Crippen LogP contribution < -0.4 is 0 Å². The van der Waals surface area contributed by atoms with Crippen LogP contribution in [0, 0.1) is 0 Å². The summed E-state index contributed by atoms with van der Waals surface area (Å²) in [5.74, 6) is 0. The normalized spacial score (nSPS) is 13.2. The molecule has 0 aliphatic heterocycles. The van der Waals surface area contributed by atoms with E-state index in [1.807, 2.05) is 0 Å². The molecule has 0 saturated heterocycles. The number of nitrogens with zero attached hydrogens (tertiary/aromatic N) is 1. The van der Waals surface area contributed by atoms with Crippen LogP contribution in [0.2, 0.25) is 0 Å². The molecule has 0 amide bonds. The lowest BCUT2D eigenvalue weighted by Crippen LogP contribution is -2.39. The van der Waals surface area contributed by atoms with Crippen molar-refractivity contribution in [2.45, 2.75) is 31.0 Å². The summed E-state index contributed by atoms with van der Waals surface area (Å²) in [6.45, 7) is 2.34. The first-order valence-corrected chi connectivity index (χ1v) is 7.35. The zero-order valence-corrected chi connectivity index (χ0v) is 11.9. The molecular formula is C12H16F3NO3S. The second kappa shape index (κ2) is 6.11. The molecule has 0 unspecified atom stereocenters. The maximum absolute atomic E-state index is 12.9. The summed E-state index contributed by atoms with van der Waals surface area (Å²) in [5, 5.41) is 8.90. The number of rotatable bonds is 5. The molecule has 0 aliphatic carbocycles. The van der Waals surface area contributed by atoms with E-state index in [1.54, 1.807) is 0 Å². The molecule has 0 fully saturated rings. The number of aliphatic hydroxyl groups is 1. The monoisotopic (exact) mass is 311 g/mol. The van der Waals surface area contributed by atoms with Gasteiger partial charge >= 0.3 is 6.18 Å². The molecule has 0 saturated carbocycles. The summed E-state index contributed by atoms with van der Waals surface area (Å²) >= 11 is 0. The number of alkyl halides is 3. The van der Waals surface area contributed by atoms with E-state index >= 15 is 0 Å². The van der Waals surface area contributed by atoms with Gasteiger partial charge in [-0.25, -0.2) is 8.42 Å². The first-order chi connectivity index (χ1) is 9.12. The van der Waals surface area contributed by atoms with Gasteiger partial charge in [-0.05, 0) is 26.0 Å². The minimum atomic E-state index is -4.76. The SMILES string of the molecule is CC(C)N(CCO)S(=O)(=O)c1ccccc1C(F)(F)F. The number of sulfonamides is 1. The fourth-order valence-electron chi connectivity index (χ4n) is 1.81. The first kappa shape index (κ1) is 16.9. The Hall–Kier alpha value is -1.12. The molecule has 0 aliphatic rings. The molecule has 0 atom stereocenters. The van der Waals surface area contributed by atoms with Crippen LogP contribution in [0.15, 0.2) is 29.2 Å². The zero-order chi connectivity index (χ0) is 15.6. The summed E-state index contributed by atoms with van der Waals surface area (Å²) in [6.07, 6.45) is -4.76. The summed E-state index contributed by atoms with van der Waals surface area (Å²) in [4.78, 5) is -0.797. The van der Waals surface area contributed by atoms with E-state index in [0.717, 1.165) is 22.5 Å². The van der Waals surface area contributed by atoms with Crippen molar-refractivity contribution < 1.29 is 26.7 Å². The average Bonchev–Trinajstić information content (AvgIpc) is 2.34. The zero-order valence-electron chi connectivity index (χ0n) is 11.1. The Morgan fingerprint density at radius 2 is 1.80 bits per heavy atom. The number of aliphatic hydroxyl groups excluding tert-OH is 1. The van der Waals surface area contributed by atoms with Gasteiger partial charge in [0, 0.05) is 12.6 Å². The molecule has 8 heteroatoms. The highest BCUT2D eigenvalue weighted by Crippen LogP contribution is 2.35. The summed E-state index contributed by atoms with van der Waals surface area (Å²) in [5.41, 5.74) is -1.21. The van der Waals surface area contributed by atoms with Crippen LogP contribution in [-0.4, -0.2) is 37.0 Å². The topological polar surface area (TPSA) is 57.6 Å². The third-order valence-corrected chi connectivity index (χ3v) is 4.81. The van der Waals surface area contributed by atoms with Crippen LogP contribution >= 0.6 is 0 Å². The van der Waals surface area contributed by atoms with E-state index in [1.165, 1.54) is 19.9 Å². The molecular weight excluding hydrogens is 295 g/mol. The minimum Gasteiger partial charge on any atom is -0.395 e. The van der Waals surface area contributed by atoms with Crippen molar-refractivity contribution in [2.75, 3.05) is 13.2 Å². The molecule has 0 bridgehead atoms. The van der Waals surface area contributed by atoms with E-state index in [-0.39, 0.29) is 6.54 Å². The maximum Gasteiger partial charge on any atom is 0.417 e. The predicted octanol–water partition coefficient (Wildman–Crippen LogP) is 2.10. The summed E-state index contributed by atoms with van der Waals surface area (Å²) < 4.78 is 64.2. The molecule has 0 heterocycles. The van der Waals surface area contributed by atoms with Gasteiger partial charge in [0.1, 0.15) is 0 Å². The number of halogens is 3. The molecule has 114 valence electrons. The highest BCUT2D eigenvalue weighted by atomic mass is 32.2. The van der Waals surface area contributed by atoms with Crippen molar-refractivity contribution in [1.82, 2.24) is 4.31 Å². The van der Waals surface area contributed by atoms with E-state index < -0.39 is 39.3 Å². The van der Waals surface area contributed by atoms with Crippen molar-refractivity contribution in [2.24, 2.45) is 0 Å². The lowest BCUT2D eigenvalue weighted by atomic mass is 10.2. The van der Waals surface area contributed by atoms with Gasteiger partial charge in [0.15, 0.2) is 0 Å². The molecule has 0 spiro atoms. The van der Waals surface area contributed by atoms with Crippen LogP contribution in [0.3, 0.4) is 0 Å². The van der Waals surface area contributed by atoms with Crippen molar-refractivity contribution in [1.29, 1.82) is 0 Å². The van der Waals surface area contributed by atoms with Gasteiger partial charge in [0.2, 0.25) is 10.0 Å². The Balaban J connectivity index is 3.42. The molecule has 1 aromatic rings. The molecule has 1 aromatic carbocycles. The van der Waals surface area contributed by atoms with E-state index in [2.05, 4.69) is 0 Å². The van der Waals surface area contributed by atoms with Crippen molar-refractivity contribution >= 4 is 10.0 Å². The number of hydrogen-bond donors (Lipinski definition) is 1. The molecule has 4 nitrogen and oxygen atoms in total. The average molecular weight is 311 g/mol. The van der Waals surface area contributed by atoms with Crippen molar-refractivity contribution in [3.8, 4) is 0 Å². The minimum absolute atomic E-state index is 0.258. The van der Waals surface area contributed by atoms with Gasteiger partial charge in [-0.1, -0.05) is 12.1 Å². The van der Waals surface area contributed by atoms with Crippen LogP contribution in [0.4, 0.5) is 13.2 Å². The molecule has 0 radical (unpaired) electrons. The molecule has 1 N–H and O–H groups in total. The number of benzene rings is 1. The maximum atomic E-state index is 12.9. The second-order valence-corrected chi connectivity index (χ2v) is 6.29.